The Labute approximate surface area is 155 Å². The monoisotopic (exact) mass is 381 g/mol. The van der Waals surface area contributed by atoms with Crippen molar-refractivity contribution in [1.29, 1.82) is 0 Å². The maximum atomic E-state index is 11.9. The number of imidazole rings is 1. The zero-order valence-electron chi connectivity index (χ0n) is 15.1. The van der Waals surface area contributed by atoms with Gasteiger partial charge < -0.3 is 18.9 Å². The molecule has 0 saturated carbocycles. The molecule has 11 heteroatoms. The fourth-order valence-corrected chi connectivity index (χ4v) is 1.94. The van der Waals surface area contributed by atoms with E-state index in [1.54, 1.807) is 7.11 Å². The highest BCUT2D eigenvalue weighted by Crippen LogP contribution is 2.01. The number of hydrogen-bond acceptors (Lipinski definition) is 8. The van der Waals surface area contributed by atoms with E-state index in [4.69, 9.17) is 18.9 Å². The number of anilines is 1. The molecule has 148 valence electrons. The fraction of sp³-hybridized carbons (Fsp3) is 0.500. The third-order valence-corrected chi connectivity index (χ3v) is 3.18. The molecule has 1 amide bonds. The minimum absolute atomic E-state index is 0.0317. The van der Waals surface area contributed by atoms with E-state index in [0.29, 0.717) is 45.3 Å². The number of nitrogens with one attached hydrogen (secondary N) is 2. The Hall–Kier alpha value is -2.60. The third-order valence-electron chi connectivity index (χ3n) is 3.18. The lowest BCUT2D eigenvalue weighted by Crippen LogP contribution is -2.22. The molecule has 11 nitrogen and oxygen atoms in total. The van der Waals surface area contributed by atoms with Crippen LogP contribution in [0.3, 0.4) is 0 Å². The number of carbonyl (C=O) groups is 1. The van der Waals surface area contributed by atoms with E-state index in [9.17, 15) is 9.59 Å². The van der Waals surface area contributed by atoms with Gasteiger partial charge in [0.25, 0.3) is 5.56 Å². The van der Waals surface area contributed by atoms with Crippen molar-refractivity contribution >= 4 is 12.0 Å². The molecule has 2 heterocycles. The van der Waals surface area contributed by atoms with Gasteiger partial charge in [0.1, 0.15) is 6.33 Å². The van der Waals surface area contributed by atoms with Gasteiger partial charge in [-0.25, -0.2) is 14.8 Å². The van der Waals surface area contributed by atoms with E-state index in [-0.39, 0.29) is 12.6 Å². The van der Waals surface area contributed by atoms with Crippen LogP contribution in [0.1, 0.15) is 5.69 Å². The molecule has 0 fully saturated rings. The first kappa shape index (κ1) is 20.7. The standard InChI is InChI=1S/C16H23N5O6/c1-24-4-5-25-6-7-26-8-9-27-11-13-10-14(22)19-15(18-13)20-16(23)21-3-2-17-12-21/h2-3,10,12H,4-9,11H2,1H3,(H2,18,19,20,22,23). The summed E-state index contributed by atoms with van der Waals surface area (Å²) < 4.78 is 22.1. The third kappa shape index (κ3) is 8.09. The Morgan fingerprint density at radius 1 is 1.15 bits per heavy atom. The Kier molecular flexibility index (Phi) is 9.13. The van der Waals surface area contributed by atoms with Gasteiger partial charge in [0, 0.05) is 25.6 Å². The number of amides is 1. The van der Waals surface area contributed by atoms with Gasteiger partial charge in [0.2, 0.25) is 5.95 Å². The first-order valence-electron chi connectivity index (χ1n) is 8.31. The summed E-state index contributed by atoms with van der Waals surface area (Å²) in [5.74, 6) is 0.0317. The van der Waals surface area contributed by atoms with Crippen LogP contribution in [0, 0.1) is 0 Å². The summed E-state index contributed by atoms with van der Waals surface area (Å²) in [6, 6.07) is 0.812. The molecule has 0 aliphatic heterocycles. The molecule has 2 aromatic heterocycles. The number of aromatic nitrogens is 4. The van der Waals surface area contributed by atoms with Crippen LogP contribution >= 0.6 is 0 Å². The van der Waals surface area contributed by atoms with Crippen molar-refractivity contribution in [1.82, 2.24) is 19.5 Å². The second-order valence-electron chi connectivity index (χ2n) is 5.26. The first-order chi connectivity index (χ1) is 13.2. The van der Waals surface area contributed by atoms with Crippen molar-refractivity contribution in [3.05, 3.63) is 40.8 Å². The molecule has 0 aromatic carbocycles. The molecule has 0 aliphatic carbocycles. The first-order valence-corrected chi connectivity index (χ1v) is 8.31. The maximum Gasteiger partial charge on any atom is 0.333 e. The maximum absolute atomic E-state index is 11.9. The zero-order chi connectivity index (χ0) is 19.3. The number of hydrogen-bond donors (Lipinski definition) is 2. The van der Waals surface area contributed by atoms with E-state index in [1.807, 2.05) is 0 Å². The molecule has 2 aromatic rings. The summed E-state index contributed by atoms with van der Waals surface area (Å²) in [6.45, 7) is 2.87. The van der Waals surface area contributed by atoms with Crippen LogP contribution in [0.4, 0.5) is 10.7 Å². The Morgan fingerprint density at radius 2 is 1.85 bits per heavy atom. The van der Waals surface area contributed by atoms with Crippen molar-refractivity contribution < 1.29 is 23.7 Å². The lowest BCUT2D eigenvalue weighted by Gasteiger charge is -2.08. The van der Waals surface area contributed by atoms with E-state index in [1.165, 1.54) is 29.4 Å². The van der Waals surface area contributed by atoms with Crippen LogP contribution in [0.15, 0.2) is 29.6 Å². The second-order valence-corrected chi connectivity index (χ2v) is 5.26. The fourth-order valence-electron chi connectivity index (χ4n) is 1.94. The summed E-state index contributed by atoms with van der Waals surface area (Å²) in [5.41, 5.74) is -0.00318. The number of rotatable bonds is 12. The molecule has 0 radical (unpaired) electrons. The summed E-state index contributed by atoms with van der Waals surface area (Å²) in [7, 11) is 1.61. The zero-order valence-corrected chi connectivity index (χ0v) is 15.1. The molecule has 0 atom stereocenters. The highest BCUT2D eigenvalue weighted by atomic mass is 16.6. The quantitative estimate of drug-likeness (QED) is 0.500. The molecule has 0 aliphatic rings. The Bertz CT molecular complexity index is 733. The minimum atomic E-state index is -0.491. The summed E-state index contributed by atoms with van der Waals surface area (Å²) in [4.78, 5) is 34.0. The van der Waals surface area contributed by atoms with Crippen LogP contribution in [0.2, 0.25) is 0 Å². The number of carbonyl (C=O) groups excluding carboxylic acids is 1. The SMILES string of the molecule is COCCOCCOCCOCc1cc(=O)[nH]c(NC(=O)n2ccnc2)n1. The molecule has 0 saturated heterocycles. The van der Waals surface area contributed by atoms with Crippen molar-refractivity contribution in [3.8, 4) is 0 Å². The Morgan fingerprint density at radius 3 is 2.52 bits per heavy atom. The number of H-pyrrole nitrogens is 1. The summed E-state index contributed by atoms with van der Waals surface area (Å²) in [6.07, 6.45) is 4.28. The number of aromatic amines is 1. The Balaban J connectivity index is 1.67. The molecule has 2 rings (SSSR count). The van der Waals surface area contributed by atoms with Crippen LogP contribution < -0.4 is 10.9 Å². The topological polar surface area (TPSA) is 130 Å². The average molecular weight is 381 g/mol. The van der Waals surface area contributed by atoms with Gasteiger partial charge in [0.15, 0.2) is 0 Å². The smallest absolute Gasteiger partial charge is 0.333 e. The van der Waals surface area contributed by atoms with Crippen LogP contribution in [0.25, 0.3) is 0 Å². The molecular formula is C16H23N5O6. The largest absolute Gasteiger partial charge is 0.382 e. The minimum Gasteiger partial charge on any atom is -0.382 e. The van der Waals surface area contributed by atoms with Gasteiger partial charge in [-0.2, -0.15) is 0 Å². The molecular weight excluding hydrogens is 358 g/mol. The summed E-state index contributed by atoms with van der Waals surface area (Å²) in [5, 5.41) is 2.48. The molecule has 0 bridgehead atoms. The van der Waals surface area contributed by atoms with Crippen molar-refractivity contribution in [2.75, 3.05) is 52.1 Å². The van der Waals surface area contributed by atoms with Gasteiger partial charge >= 0.3 is 6.03 Å². The van der Waals surface area contributed by atoms with Crippen LogP contribution in [-0.4, -0.2) is 72.3 Å². The van der Waals surface area contributed by atoms with Gasteiger partial charge in [-0.1, -0.05) is 0 Å². The number of nitrogens with zero attached hydrogens (tertiary/aromatic N) is 3. The lowest BCUT2D eigenvalue weighted by atomic mass is 10.4. The van der Waals surface area contributed by atoms with Crippen molar-refractivity contribution in [2.24, 2.45) is 0 Å². The van der Waals surface area contributed by atoms with Gasteiger partial charge in [-0.15, -0.1) is 0 Å². The highest BCUT2D eigenvalue weighted by Gasteiger charge is 2.07. The predicted molar refractivity (Wildman–Crippen MR) is 94.7 cm³/mol. The summed E-state index contributed by atoms with van der Waals surface area (Å²) >= 11 is 0. The molecule has 0 spiro atoms. The highest BCUT2D eigenvalue weighted by molar-refractivity contribution is 5.89. The normalized spacial score (nSPS) is 10.9. The predicted octanol–water partition coefficient (Wildman–Crippen LogP) is 0.243. The van der Waals surface area contributed by atoms with Crippen LogP contribution in [0.5, 0.6) is 0 Å². The number of ether oxygens (including phenoxy) is 4. The van der Waals surface area contributed by atoms with Crippen LogP contribution in [-0.2, 0) is 25.6 Å². The molecule has 2 N–H and O–H groups in total. The van der Waals surface area contributed by atoms with E-state index >= 15 is 0 Å². The molecule has 0 unspecified atom stereocenters. The lowest BCUT2D eigenvalue weighted by molar-refractivity contribution is 0.000460. The molecule has 27 heavy (non-hydrogen) atoms. The van der Waals surface area contributed by atoms with Gasteiger partial charge in [0.05, 0.1) is 51.9 Å². The second kappa shape index (κ2) is 11.9. The van der Waals surface area contributed by atoms with Crippen molar-refractivity contribution in [2.45, 2.75) is 6.61 Å². The van der Waals surface area contributed by atoms with E-state index in [2.05, 4.69) is 20.3 Å². The number of methoxy groups -OCH3 is 1. The van der Waals surface area contributed by atoms with Gasteiger partial charge in [-0.05, 0) is 0 Å². The average Bonchev–Trinajstić information content (AvgIpc) is 3.18. The van der Waals surface area contributed by atoms with Crippen molar-refractivity contribution in [3.63, 3.8) is 0 Å². The van der Waals surface area contributed by atoms with E-state index in [0.717, 1.165) is 0 Å². The van der Waals surface area contributed by atoms with Gasteiger partial charge in [-0.3, -0.25) is 19.7 Å². The van der Waals surface area contributed by atoms with E-state index < -0.39 is 11.6 Å².